The predicted molar refractivity (Wildman–Crippen MR) is 133 cm³/mol. The number of fused-ring (bicyclic) bond motifs is 1. The van der Waals surface area contributed by atoms with E-state index in [-0.39, 0.29) is 26.0 Å². The number of amides is 1. The SMILES string of the molecule is CCn1c(=O)sc2cc(NC(=O)c3ccc(NS(=O)(=O)c4ccc(C)cc4)cc3Cl)ccc21. The maximum atomic E-state index is 12.8. The first kappa shape index (κ1) is 23.0. The van der Waals surface area contributed by atoms with E-state index in [0.29, 0.717) is 12.2 Å². The second-order valence-corrected chi connectivity index (χ2v) is 10.4. The largest absolute Gasteiger partial charge is 0.322 e. The van der Waals surface area contributed by atoms with Crippen molar-refractivity contribution in [2.45, 2.75) is 25.3 Å². The Labute approximate surface area is 199 Å². The van der Waals surface area contributed by atoms with Gasteiger partial charge in [0.25, 0.3) is 15.9 Å². The van der Waals surface area contributed by atoms with Crippen LogP contribution in [-0.2, 0) is 16.6 Å². The summed E-state index contributed by atoms with van der Waals surface area (Å²) in [5.41, 5.74) is 2.72. The Bertz CT molecular complexity index is 1520. The van der Waals surface area contributed by atoms with Gasteiger partial charge in [-0.1, -0.05) is 40.6 Å². The lowest BCUT2D eigenvalue weighted by Crippen LogP contribution is -2.15. The third kappa shape index (κ3) is 4.80. The van der Waals surface area contributed by atoms with Crippen molar-refractivity contribution in [2.75, 3.05) is 10.0 Å². The number of carbonyl (C=O) groups is 1. The fraction of sp³-hybridized carbons (Fsp3) is 0.130. The van der Waals surface area contributed by atoms with E-state index in [4.69, 9.17) is 11.6 Å². The third-order valence-corrected chi connectivity index (χ3v) is 7.69. The van der Waals surface area contributed by atoms with Crippen molar-refractivity contribution in [2.24, 2.45) is 0 Å². The minimum atomic E-state index is -3.79. The van der Waals surface area contributed by atoms with Crippen molar-refractivity contribution < 1.29 is 13.2 Å². The highest BCUT2D eigenvalue weighted by atomic mass is 35.5. The Kier molecular flexibility index (Phi) is 6.29. The van der Waals surface area contributed by atoms with E-state index in [0.717, 1.165) is 27.1 Å². The first-order valence-electron chi connectivity index (χ1n) is 10.0. The molecular formula is C23H20ClN3O4S2. The molecule has 0 saturated carbocycles. The number of thiazole rings is 1. The molecule has 1 amide bonds. The van der Waals surface area contributed by atoms with Crippen molar-refractivity contribution in [3.63, 3.8) is 0 Å². The van der Waals surface area contributed by atoms with Crippen LogP contribution in [0.2, 0.25) is 5.02 Å². The van der Waals surface area contributed by atoms with E-state index >= 15 is 0 Å². The van der Waals surface area contributed by atoms with Gasteiger partial charge in [-0.25, -0.2) is 8.42 Å². The number of aromatic nitrogens is 1. The molecular weight excluding hydrogens is 482 g/mol. The lowest BCUT2D eigenvalue weighted by Gasteiger charge is -2.11. The number of nitrogens with zero attached hydrogens (tertiary/aromatic N) is 1. The van der Waals surface area contributed by atoms with Gasteiger partial charge in [-0.05, 0) is 62.4 Å². The van der Waals surface area contributed by atoms with Gasteiger partial charge in [-0.2, -0.15) is 0 Å². The van der Waals surface area contributed by atoms with E-state index in [1.165, 1.54) is 30.3 Å². The standard InChI is InChI=1S/C23H20ClN3O4S2/c1-3-27-20-11-7-15(13-21(20)32-23(27)29)25-22(28)18-10-6-16(12-19(18)24)26-33(30,31)17-8-4-14(2)5-9-17/h4-13,26H,3H2,1-2H3,(H,25,28). The average molecular weight is 502 g/mol. The Morgan fingerprint density at radius 3 is 2.39 bits per heavy atom. The molecule has 3 aromatic carbocycles. The lowest BCUT2D eigenvalue weighted by molar-refractivity contribution is 0.102. The molecule has 0 saturated heterocycles. The van der Waals surface area contributed by atoms with Crippen LogP contribution in [0.25, 0.3) is 10.2 Å². The van der Waals surface area contributed by atoms with Crippen LogP contribution in [0.3, 0.4) is 0 Å². The molecule has 170 valence electrons. The number of benzene rings is 3. The van der Waals surface area contributed by atoms with Crippen LogP contribution < -0.4 is 14.9 Å². The van der Waals surface area contributed by atoms with Gasteiger partial charge in [0.05, 0.1) is 31.4 Å². The molecule has 0 atom stereocenters. The van der Waals surface area contributed by atoms with E-state index in [9.17, 15) is 18.0 Å². The number of hydrogen-bond donors (Lipinski definition) is 2. The highest BCUT2D eigenvalue weighted by Crippen LogP contribution is 2.26. The fourth-order valence-corrected chi connectivity index (χ4v) is 5.65. The van der Waals surface area contributed by atoms with E-state index in [1.54, 1.807) is 34.9 Å². The summed E-state index contributed by atoms with van der Waals surface area (Å²) in [6, 6.07) is 16.0. The summed E-state index contributed by atoms with van der Waals surface area (Å²) in [6.07, 6.45) is 0. The van der Waals surface area contributed by atoms with Crippen LogP contribution in [0.15, 0.2) is 70.4 Å². The quantitative estimate of drug-likeness (QED) is 0.384. The van der Waals surface area contributed by atoms with Gasteiger partial charge >= 0.3 is 4.87 Å². The maximum Gasteiger partial charge on any atom is 0.308 e. The predicted octanol–water partition coefficient (Wildman–Crippen LogP) is 5.10. The summed E-state index contributed by atoms with van der Waals surface area (Å²) in [6.45, 7) is 4.34. The number of halogens is 1. The van der Waals surface area contributed by atoms with Crippen molar-refractivity contribution >= 4 is 60.5 Å². The highest BCUT2D eigenvalue weighted by Gasteiger charge is 2.17. The van der Waals surface area contributed by atoms with Gasteiger partial charge < -0.3 is 5.32 Å². The lowest BCUT2D eigenvalue weighted by atomic mass is 10.2. The van der Waals surface area contributed by atoms with Crippen molar-refractivity contribution in [1.29, 1.82) is 0 Å². The summed E-state index contributed by atoms with van der Waals surface area (Å²) in [5, 5.41) is 2.87. The second-order valence-electron chi connectivity index (χ2n) is 7.36. The van der Waals surface area contributed by atoms with E-state index in [1.807, 2.05) is 13.8 Å². The molecule has 0 spiro atoms. The number of hydrogen-bond acceptors (Lipinski definition) is 5. The molecule has 1 aromatic heterocycles. The molecule has 33 heavy (non-hydrogen) atoms. The van der Waals surface area contributed by atoms with Crippen LogP contribution in [-0.4, -0.2) is 18.9 Å². The summed E-state index contributed by atoms with van der Waals surface area (Å²) in [5.74, 6) is -0.449. The smallest absolute Gasteiger partial charge is 0.308 e. The Morgan fingerprint density at radius 1 is 1.03 bits per heavy atom. The average Bonchev–Trinajstić information content (AvgIpc) is 3.07. The first-order chi connectivity index (χ1) is 15.7. The molecule has 1 heterocycles. The summed E-state index contributed by atoms with van der Waals surface area (Å²) in [7, 11) is -3.79. The van der Waals surface area contributed by atoms with E-state index < -0.39 is 15.9 Å². The second kappa shape index (κ2) is 9.01. The number of rotatable bonds is 6. The summed E-state index contributed by atoms with van der Waals surface area (Å²) in [4.78, 5) is 24.9. The number of carbonyl (C=O) groups excluding carboxylic acids is 1. The van der Waals surface area contributed by atoms with Gasteiger partial charge in [-0.15, -0.1) is 0 Å². The van der Waals surface area contributed by atoms with Gasteiger partial charge in [0.2, 0.25) is 0 Å². The van der Waals surface area contributed by atoms with Gasteiger partial charge in [0, 0.05) is 12.2 Å². The maximum absolute atomic E-state index is 12.8. The number of aryl methyl sites for hydroxylation is 2. The highest BCUT2D eigenvalue weighted by molar-refractivity contribution is 7.92. The van der Waals surface area contributed by atoms with Crippen LogP contribution in [0.5, 0.6) is 0 Å². The number of nitrogens with one attached hydrogen (secondary N) is 2. The fourth-order valence-electron chi connectivity index (χ4n) is 3.34. The van der Waals surface area contributed by atoms with Crippen LogP contribution in [0.4, 0.5) is 11.4 Å². The summed E-state index contributed by atoms with van der Waals surface area (Å²) >= 11 is 7.40. The van der Waals surface area contributed by atoms with Crippen LogP contribution in [0.1, 0.15) is 22.8 Å². The number of anilines is 2. The van der Waals surface area contributed by atoms with Gasteiger partial charge in [0.1, 0.15) is 0 Å². The molecule has 2 N–H and O–H groups in total. The molecule has 0 fully saturated rings. The van der Waals surface area contributed by atoms with Gasteiger partial charge in [-0.3, -0.25) is 18.9 Å². The Hall–Kier alpha value is -3.14. The third-order valence-electron chi connectivity index (χ3n) is 5.04. The van der Waals surface area contributed by atoms with Crippen molar-refractivity contribution in [1.82, 2.24) is 4.57 Å². The summed E-state index contributed by atoms with van der Waals surface area (Å²) < 4.78 is 30.1. The monoisotopic (exact) mass is 501 g/mol. The van der Waals surface area contributed by atoms with Crippen molar-refractivity contribution in [3.8, 4) is 0 Å². The minimum Gasteiger partial charge on any atom is -0.322 e. The van der Waals surface area contributed by atoms with E-state index in [2.05, 4.69) is 10.0 Å². The molecule has 0 unspecified atom stereocenters. The molecule has 0 bridgehead atoms. The number of sulfonamides is 1. The zero-order chi connectivity index (χ0) is 23.8. The first-order valence-corrected chi connectivity index (χ1v) is 12.7. The molecule has 0 aliphatic rings. The zero-order valence-corrected chi connectivity index (χ0v) is 20.1. The normalized spacial score (nSPS) is 11.5. The molecule has 0 aliphatic heterocycles. The molecule has 7 nitrogen and oxygen atoms in total. The molecule has 10 heteroatoms. The Balaban J connectivity index is 1.53. The molecule has 0 aliphatic carbocycles. The Morgan fingerprint density at radius 2 is 1.73 bits per heavy atom. The zero-order valence-electron chi connectivity index (χ0n) is 17.8. The topological polar surface area (TPSA) is 97.3 Å². The van der Waals surface area contributed by atoms with Gasteiger partial charge in [0.15, 0.2) is 0 Å². The molecule has 4 aromatic rings. The van der Waals surface area contributed by atoms with Crippen molar-refractivity contribution in [3.05, 3.63) is 86.5 Å². The van der Waals surface area contributed by atoms with Crippen LogP contribution in [0, 0.1) is 6.92 Å². The van der Waals surface area contributed by atoms with Crippen LogP contribution >= 0.6 is 22.9 Å². The molecule has 4 rings (SSSR count). The minimum absolute atomic E-state index is 0.0531. The molecule has 0 radical (unpaired) electrons.